The first-order chi connectivity index (χ1) is 15.5. The standard InChI is InChI=1S/C26H27BrN2O3/c1-3-18(2)28-25(30)20-9-12-22(13-10-20)29-26(31)21-11-14-24(23(27)17-21)32-16-15-19-7-5-4-6-8-19/h4-14,17-18H,3,15-16H2,1-2H3,(H,28,30)(H,29,31). The van der Waals surface area contributed by atoms with E-state index >= 15 is 0 Å². The lowest BCUT2D eigenvalue weighted by molar-refractivity contribution is 0.0938. The third-order valence-corrected chi connectivity index (χ3v) is 5.70. The van der Waals surface area contributed by atoms with Crippen molar-refractivity contribution in [3.63, 3.8) is 0 Å². The Balaban J connectivity index is 1.55. The summed E-state index contributed by atoms with van der Waals surface area (Å²) in [5.41, 5.74) is 2.89. The molecule has 3 aromatic carbocycles. The molecule has 3 rings (SSSR count). The van der Waals surface area contributed by atoms with E-state index in [-0.39, 0.29) is 17.9 Å². The molecule has 0 aliphatic heterocycles. The van der Waals surface area contributed by atoms with Gasteiger partial charge in [-0.2, -0.15) is 0 Å². The summed E-state index contributed by atoms with van der Waals surface area (Å²) in [6, 6.07) is 22.3. The van der Waals surface area contributed by atoms with Crippen molar-refractivity contribution < 1.29 is 14.3 Å². The lowest BCUT2D eigenvalue weighted by atomic mass is 10.1. The molecule has 0 aliphatic carbocycles. The Morgan fingerprint density at radius 1 is 0.938 bits per heavy atom. The van der Waals surface area contributed by atoms with E-state index in [1.54, 1.807) is 42.5 Å². The second-order valence-electron chi connectivity index (χ2n) is 7.54. The summed E-state index contributed by atoms with van der Waals surface area (Å²) in [4.78, 5) is 24.8. The van der Waals surface area contributed by atoms with Crippen molar-refractivity contribution in [2.75, 3.05) is 11.9 Å². The SMILES string of the molecule is CCC(C)NC(=O)c1ccc(NC(=O)c2ccc(OCCc3ccccc3)c(Br)c2)cc1. The molecule has 2 amide bonds. The molecule has 0 spiro atoms. The van der Waals surface area contributed by atoms with Gasteiger partial charge in [0, 0.05) is 29.3 Å². The highest BCUT2D eigenvalue weighted by molar-refractivity contribution is 9.10. The van der Waals surface area contributed by atoms with E-state index < -0.39 is 0 Å². The first-order valence-corrected chi connectivity index (χ1v) is 11.4. The normalized spacial score (nSPS) is 11.5. The second-order valence-corrected chi connectivity index (χ2v) is 8.40. The minimum Gasteiger partial charge on any atom is -0.492 e. The molecule has 1 unspecified atom stereocenters. The van der Waals surface area contributed by atoms with E-state index in [2.05, 4.69) is 38.7 Å². The zero-order chi connectivity index (χ0) is 22.9. The van der Waals surface area contributed by atoms with Crippen LogP contribution in [0.1, 0.15) is 46.5 Å². The van der Waals surface area contributed by atoms with Crippen molar-refractivity contribution in [3.8, 4) is 5.75 Å². The second kappa shape index (κ2) is 11.5. The van der Waals surface area contributed by atoms with Crippen molar-refractivity contribution in [3.05, 3.63) is 94.0 Å². The number of hydrogen-bond donors (Lipinski definition) is 2. The predicted octanol–water partition coefficient (Wildman–Crippen LogP) is 5.85. The number of anilines is 1. The number of carbonyl (C=O) groups is 2. The molecule has 0 aromatic heterocycles. The molecule has 0 aliphatic rings. The van der Waals surface area contributed by atoms with E-state index in [0.29, 0.717) is 29.2 Å². The topological polar surface area (TPSA) is 67.4 Å². The van der Waals surface area contributed by atoms with E-state index in [1.807, 2.05) is 32.0 Å². The Bertz CT molecular complexity index is 1050. The van der Waals surface area contributed by atoms with Gasteiger partial charge in [0.05, 0.1) is 11.1 Å². The Hall–Kier alpha value is -3.12. The average molecular weight is 495 g/mol. The molecule has 3 aromatic rings. The number of halogens is 1. The summed E-state index contributed by atoms with van der Waals surface area (Å²) in [7, 11) is 0. The fourth-order valence-corrected chi connectivity index (χ4v) is 3.49. The van der Waals surface area contributed by atoms with Crippen LogP contribution in [0.3, 0.4) is 0 Å². The highest BCUT2D eigenvalue weighted by Crippen LogP contribution is 2.26. The quantitative estimate of drug-likeness (QED) is 0.391. The maximum atomic E-state index is 12.6. The summed E-state index contributed by atoms with van der Waals surface area (Å²) in [6.45, 7) is 4.53. The molecule has 1 atom stereocenters. The van der Waals surface area contributed by atoms with Crippen LogP contribution >= 0.6 is 15.9 Å². The molecular formula is C26H27BrN2O3. The van der Waals surface area contributed by atoms with Crippen LogP contribution in [-0.2, 0) is 6.42 Å². The van der Waals surface area contributed by atoms with Gasteiger partial charge < -0.3 is 15.4 Å². The number of benzene rings is 3. The van der Waals surface area contributed by atoms with Crippen molar-refractivity contribution in [1.29, 1.82) is 0 Å². The van der Waals surface area contributed by atoms with Crippen LogP contribution in [-0.4, -0.2) is 24.5 Å². The van der Waals surface area contributed by atoms with Crippen molar-refractivity contribution in [2.45, 2.75) is 32.7 Å². The summed E-state index contributed by atoms with van der Waals surface area (Å²) in [6.07, 6.45) is 1.67. The fourth-order valence-electron chi connectivity index (χ4n) is 3.00. The molecule has 5 nitrogen and oxygen atoms in total. The van der Waals surface area contributed by atoms with Gasteiger partial charge in [-0.05, 0) is 77.3 Å². The molecule has 0 heterocycles. The van der Waals surface area contributed by atoms with Crippen LogP contribution in [0.5, 0.6) is 5.75 Å². The molecule has 6 heteroatoms. The van der Waals surface area contributed by atoms with Crippen LogP contribution in [0.4, 0.5) is 5.69 Å². The summed E-state index contributed by atoms with van der Waals surface area (Å²) >= 11 is 3.49. The van der Waals surface area contributed by atoms with E-state index in [0.717, 1.165) is 17.3 Å². The van der Waals surface area contributed by atoms with Gasteiger partial charge in [0.15, 0.2) is 0 Å². The number of amides is 2. The number of ether oxygens (including phenoxy) is 1. The van der Waals surface area contributed by atoms with Gasteiger partial charge in [0.2, 0.25) is 0 Å². The monoisotopic (exact) mass is 494 g/mol. The van der Waals surface area contributed by atoms with Gasteiger partial charge in [-0.3, -0.25) is 9.59 Å². The summed E-state index contributed by atoms with van der Waals surface area (Å²) in [5, 5.41) is 5.78. The average Bonchev–Trinajstić information content (AvgIpc) is 2.81. The van der Waals surface area contributed by atoms with Gasteiger partial charge in [0.25, 0.3) is 11.8 Å². The Morgan fingerprint density at radius 3 is 2.28 bits per heavy atom. The molecule has 0 radical (unpaired) electrons. The molecule has 0 saturated heterocycles. The summed E-state index contributed by atoms with van der Waals surface area (Å²) in [5.74, 6) is 0.330. The van der Waals surface area contributed by atoms with Crippen LogP contribution in [0.25, 0.3) is 0 Å². The molecule has 166 valence electrons. The van der Waals surface area contributed by atoms with Crippen molar-refractivity contribution in [1.82, 2.24) is 5.32 Å². The lowest BCUT2D eigenvalue weighted by Gasteiger charge is -2.12. The maximum absolute atomic E-state index is 12.6. The first-order valence-electron chi connectivity index (χ1n) is 10.6. The third-order valence-electron chi connectivity index (χ3n) is 5.08. The number of hydrogen-bond acceptors (Lipinski definition) is 3. The molecule has 0 saturated carbocycles. The molecule has 0 bridgehead atoms. The van der Waals surface area contributed by atoms with Crippen LogP contribution in [0.15, 0.2) is 77.3 Å². The van der Waals surface area contributed by atoms with Crippen LogP contribution < -0.4 is 15.4 Å². The van der Waals surface area contributed by atoms with Crippen molar-refractivity contribution >= 4 is 33.4 Å². The fraction of sp³-hybridized carbons (Fsp3) is 0.231. The zero-order valence-corrected chi connectivity index (χ0v) is 19.8. The van der Waals surface area contributed by atoms with E-state index in [4.69, 9.17) is 4.74 Å². The van der Waals surface area contributed by atoms with Gasteiger partial charge in [-0.15, -0.1) is 0 Å². The van der Waals surface area contributed by atoms with Gasteiger partial charge >= 0.3 is 0 Å². The Morgan fingerprint density at radius 2 is 1.62 bits per heavy atom. The molecule has 32 heavy (non-hydrogen) atoms. The van der Waals surface area contributed by atoms with E-state index in [1.165, 1.54) is 5.56 Å². The predicted molar refractivity (Wildman–Crippen MR) is 131 cm³/mol. The third kappa shape index (κ3) is 6.69. The summed E-state index contributed by atoms with van der Waals surface area (Å²) < 4.78 is 6.57. The smallest absolute Gasteiger partial charge is 0.255 e. The number of nitrogens with one attached hydrogen (secondary N) is 2. The van der Waals surface area contributed by atoms with Gasteiger partial charge in [0.1, 0.15) is 5.75 Å². The molecule has 0 fully saturated rings. The maximum Gasteiger partial charge on any atom is 0.255 e. The highest BCUT2D eigenvalue weighted by atomic mass is 79.9. The van der Waals surface area contributed by atoms with Crippen molar-refractivity contribution in [2.24, 2.45) is 0 Å². The Kier molecular flexibility index (Phi) is 8.45. The number of carbonyl (C=O) groups excluding carboxylic acids is 2. The molecule has 2 N–H and O–H groups in total. The highest BCUT2D eigenvalue weighted by Gasteiger charge is 2.12. The lowest BCUT2D eigenvalue weighted by Crippen LogP contribution is -2.31. The van der Waals surface area contributed by atoms with E-state index in [9.17, 15) is 9.59 Å². The zero-order valence-electron chi connectivity index (χ0n) is 18.2. The van der Waals surface area contributed by atoms with Crippen LogP contribution in [0.2, 0.25) is 0 Å². The first kappa shape index (κ1) is 23.5. The minimum atomic E-state index is -0.238. The van der Waals surface area contributed by atoms with Crippen LogP contribution in [0, 0.1) is 0 Å². The number of rotatable bonds is 9. The molecular weight excluding hydrogens is 468 g/mol. The Labute approximate surface area is 197 Å². The largest absolute Gasteiger partial charge is 0.492 e. The van der Waals surface area contributed by atoms with Gasteiger partial charge in [-0.1, -0.05) is 37.3 Å². The van der Waals surface area contributed by atoms with Gasteiger partial charge in [-0.25, -0.2) is 0 Å². The minimum absolute atomic E-state index is 0.116.